The average molecular weight is 237 g/mol. The van der Waals surface area contributed by atoms with Crippen molar-refractivity contribution in [2.75, 3.05) is 0 Å². The summed E-state index contributed by atoms with van der Waals surface area (Å²) >= 11 is 0. The minimum Gasteiger partial charge on any atom is -0.444 e. The highest BCUT2D eigenvalue weighted by Gasteiger charge is 2.28. The summed E-state index contributed by atoms with van der Waals surface area (Å²) in [5.41, 5.74) is -1.18. The zero-order valence-electron chi connectivity index (χ0n) is 10.9. The van der Waals surface area contributed by atoms with Crippen molar-refractivity contribution in [2.24, 2.45) is 0 Å². The molecule has 1 aromatic heterocycles. The second-order valence-electron chi connectivity index (χ2n) is 5.32. The normalized spacial score (nSPS) is 12.1. The molecular formula is C12H19N3O2. The van der Waals surface area contributed by atoms with E-state index in [-0.39, 0.29) is 0 Å². The van der Waals surface area contributed by atoms with Gasteiger partial charge in [0.1, 0.15) is 5.60 Å². The Kier molecular flexibility index (Phi) is 3.70. The van der Waals surface area contributed by atoms with Gasteiger partial charge in [-0.3, -0.25) is 0 Å². The van der Waals surface area contributed by atoms with Gasteiger partial charge in [0.2, 0.25) is 0 Å². The minimum absolute atomic E-state index is 0.477. The molecule has 1 N–H and O–H groups in total. The first kappa shape index (κ1) is 13.4. The molecule has 0 bridgehead atoms. The van der Waals surface area contributed by atoms with Crippen LogP contribution in [-0.4, -0.2) is 21.7 Å². The molecule has 0 saturated carbocycles. The lowest BCUT2D eigenvalue weighted by Gasteiger charge is -2.27. The standard InChI is InChI=1S/C12H19N3O2/c1-11(2,3)17-10(16)15-12(4,5)9-13-7-6-8-14-9/h6-8H,1-5H3,(H,15,16). The number of rotatable bonds is 2. The van der Waals surface area contributed by atoms with E-state index in [1.54, 1.807) is 18.5 Å². The van der Waals surface area contributed by atoms with Gasteiger partial charge in [-0.05, 0) is 40.7 Å². The highest BCUT2D eigenvalue weighted by Crippen LogP contribution is 2.16. The molecule has 94 valence electrons. The van der Waals surface area contributed by atoms with E-state index in [1.165, 1.54) is 0 Å². The zero-order valence-corrected chi connectivity index (χ0v) is 10.9. The number of aromatic nitrogens is 2. The first-order valence-electron chi connectivity index (χ1n) is 5.49. The molecule has 0 fully saturated rings. The SMILES string of the molecule is CC(C)(C)OC(=O)NC(C)(C)c1ncccn1. The van der Waals surface area contributed by atoms with Crippen LogP contribution in [0.3, 0.4) is 0 Å². The van der Waals surface area contributed by atoms with E-state index in [0.717, 1.165) is 0 Å². The van der Waals surface area contributed by atoms with E-state index in [9.17, 15) is 4.79 Å². The Morgan fingerprint density at radius 1 is 1.18 bits per heavy atom. The van der Waals surface area contributed by atoms with Crippen LogP contribution in [0.2, 0.25) is 0 Å². The summed E-state index contributed by atoms with van der Waals surface area (Å²) < 4.78 is 5.19. The lowest BCUT2D eigenvalue weighted by atomic mass is 10.1. The van der Waals surface area contributed by atoms with Crippen molar-refractivity contribution in [1.82, 2.24) is 15.3 Å². The Balaban J connectivity index is 2.71. The quantitative estimate of drug-likeness (QED) is 0.856. The summed E-state index contributed by atoms with van der Waals surface area (Å²) in [6.45, 7) is 9.11. The third kappa shape index (κ3) is 4.38. The Hall–Kier alpha value is -1.65. The van der Waals surface area contributed by atoms with Crippen molar-refractivity contribution < 1.29 is 9.53 Å². The number of ether oxygens (including phenoxy) is 1. The monoisotopic (exact) mass is 237 g/mol. The average Bonchev–Trinajstić information content (AvgIpc) is 2.15. The lowest BCUT2D eigenvalue weighted by molar-refractivity contribution is 0.0466. The van der Waals surface area contributed by atoms with Crippen molar-refractivity contribution in [2.45, 2.75) is 45.8 Å². The molecule has 0 aliphatic heterocycles. The number of carbonyl (C=O) groups is 1. The van der Waals surface area contributed by atoms with Gasteiger partial charge in [0.05, 0.1) is 5.54 Å². The van der Waals surface area contributed by atoms with E-state index in [2.05, 4.69) is 15.3 Å². The van der Waals surface area contributed by atoms with Crippen molar-refractivity contribution in [3.63, 3.8) is 0 Å². The summed E-state index contributed by atoms with van der Waals surface area (Å²) in [4.78, 5) is 19.9. The Labute approximate surface area is 102 Å². The molecule has 17 heavy (non-hydrogen) atoms. The van der Waals surface area contributed by atoms with Crippen LogP contribution in [0.1, 0.15) is 40.4 Å². The number of nitrogens with one attached hydrogen (secondary N) is 1. The maximum absolute atomic E-state index is 11.7. The second kappa shape index (κ2) is 4.69. The summed E-state index contributed by atoms with van der Waals surface area (Å²) in [6, 6.07) is 1.73. The van der Waals surface area contributed by atoms with Crippen LogP contribution < -0.4 is 5.32 Å². The first-order chi connectivity index (χ1) is 7.71. The van der Waals surface area contributed by atoms with Gasteiger partial charge < -0.3 is 10.1 Å². The number of hydrogen-bond acceptors (Lipinski definition) is 4. The van der Waals surface area contributed by atoms with E-state index in [0.29, 0.717) is 5.82 Å². The highest BCUT2D eigenvalue weighted by atomic mass is 16.6. The molecule has 0 aliphatic carbocycles. The third-order valence-electron chi connectivity index (χ3n) is 1.94. The topological polar surface area (TPSA) is 64.1 Å². The Morgan fingerprint density at radius 2 is 1.71 bits per heavy atom. The van der Waals surface area contributed by atoms with Gasteiger partial charge >= 0.3 is 6.09 Å². The molecule has 1 heterocycles. The van der Waals surface area contributed by atoms with Gasteiger partial charge in [-0.1, -0.05) is 0 Å². The van der Waals surface area contributed by atoms with Gasteiger partial charge in [0, 0.05) is 12.4 Å². The molecule has 0 unspecified atom stereocenters. The number of carbonyl (C=O) groups excluding carboxylic acids is 1. The van der Waals surface area contributed by atoms with E-state index in [4.69, 9.17) is 4.74 Å². The smallest absolute Gasteiger partial charge is 0.408 e. The van der Waals surface area contributed by atoms with Crippen LogP contribution in [0.4, 0.5) is 4.79 Å². The first-order valence-corrected chi connectivity index (χ1v) is 5.49. The molecule has 0 saturated heterocycles. The number of alkyl carbamates (subject to hydrolysis) is 1. The van der Waals surface area contributed by atoms with Gasteiger partial charge in [-0.2, -0.15) is 0 Å². The lowest BCUT2D eigenvalue weighted by Crippen LogP contribution is -2.44. The third-order valence-corrected chi connectivity index (χ3v) is 1.94. The molecule has 1 amide bonds. The van der Waals surface area contributed by atoms with Gasteiger partial charge in [0.15, 0.2) is 5.82 Å². The fourth-order valence-electron chi connectivity index (χ4n) is 1.24. The van der Waals surface area contributed by atoms with Crippen molar-refractivity contribution in [3.05, 3.63) is 24.3 Å². The summed E-state index contributed by atoms with van der Waals surface area (Å²) in [5, 5.41) is 2.74. The van der Waals surface area contributed by atoms with Crippen molar-refractivity contribution in [3.8, 4) is 0 Å². The van der Waals surface area contributed by atoms with E-state index >= 15 is 0 Å². The fraction of sp³-hybridized carbons (Fsp3) is 0.583. The summed E-state index contributed by atoms with van der Waals surface area (Å²) in [7, 11) is 0. The number of nitrogens with zero attached hydrogens (tertiary/aromatic N) is 2. The van der Waals surface area contributed by atoms with E-state index < -0.39 is 17.2 Å². The second-order valence-corrected chi connectivity index (χ2v) is 5.32. The van der Waals surface area contributed by atoms with Crippen LogP contribution in [-0.2, 0) is 10.3 Å². The Bertz CT molecular complexity index is 382. The maximum Gasteiger partial charge on any atom is 0.408 e. The van der Waals surface area contributed by atoms with Gasteiger partial charge in [-0.25, -0.2) is 14.8 Å². The molecule has 1 rings (SSSR count). The number of amides is 1. The zero-order chi connectivity index (χ0) is 13.1. The minimum atomic E-state index is -0.663. The van der Waals surface area contributed by atoms with Gasteiger partial charge in [0.25, 0.3) is 0 Å². The predicted molar refractivity (Wildman–Crippen MR) is 64.4 cm³/mol. The Morgan fingerprint density at radius 3 is 2.18 bits per heavy atom. The highest BCUT2D eigenvalue weighted by molar-refractivity contribution is 5.68. The molecule has 1 aromatic rings. The number of hydrogen-bond donors (Lipinski definition) is 1. The van der Waals surface area contributed by atoms with E-state index in [1.807, 2.05) is 34.6 Å². The van der Waals surface area contributed by atoms with Crippen LogP contribution >= 0.6 is 0 Å². The molecule has 5 heteroatoms. The molecule has 0 spiro atoms. The van der Waals surface area contributed by atoms with Crippen molar-refractivity contribution >= 4 is 6.09 Å². The van der Waals surface area contributed by atoms with Gasteiger partial charge in [-0.15, -0.1) is 0 Å². The molecule has 5 nitrogen and oxygen atoms in total. The van der Waals surface area contributed by atoms with Crippen LogP contribution in [0, 0.1) is 0 Å². The molecule has 0 aromatic carbocycles. The molecule has 0 atom stereocenters. The van der Waals surface area contributed by atoms with Crippen molar-refractivity contribution in [1.29, 1.82) is 0 Å². The largest absolute Gasteiger partial charge is 0.444 e. The maximum atomic E-state index is 11.7. The molecule has 0 aliphatic rings. The summed E-state index contributed by atoms with van der Waals surface area (Å²) in [6.07, 6.45) is 2.80. The summed E-state index contributed by atoms with van der Waals surface area (Å²) in [5.74, 6) is 0.547. The molecule has 0 radical (unpaired) electrons. The van der Waals surface area contributed by atoms with Crippen LogP contribution in [0.15, 0.2) is 18.5 Å². The van der Waals surface area contributed by atoms with Crippen LogP contribution in [0.25, 0.3) is 0 Å². The molecular weight excluding hydrogens is 218 g/mol. The fourth-order valence-corrected chi connectivity index (χ4v) is 1.24. The van der Waals surface area contributed by atoms with Crippen LogP contribution in [0.5, 0.6) is 0 Å². The predicted octanol–water partition coefficient (Wildman–Crippen LogP) is 2.24.